The van der Waals surface area contributed by atoms with Gasteiger partial charge in [-0.2, -0.15) is 11.8 Å². The molecule has 1 aliphatic rings. The van der Waals surface area contributed by atoms with Crippen LogP contribution in [-0.4, -0.2) is 15.7 Å². The maximum absolute atomic E-state index is 13.9. The number of benzene rings is 1. The Balaban J connectivity index is 1.90. The van der Waals surface area contributed by atoms with Crippen molar-refractivity contribution in [2.24, 2.45) is 0 Å². The van der Waals surface area contributed by atoms with Crippen molar-refractivity contribution < 1.29 is 4.39 Å². The first-order chi connectivity index (χ1) is 10.2. The SMILES string of the molecule is Fc1cccc2c(Cl)nc(-c3cc4c(s3)CCSC4)nc12. The monoisotopic (exact) mass is 336 g/mol. The fourth-order valence-electron chi connectivity index (χ4n) is 2.45. The molecule has 106 valence electrons. The molecule has 0 amide bonds. The third-order valence-electron chi connectivity index (χ3n) is 3.48. The lowest BCUT2D eigenvalue weighted by molar-refractivity contribution is 0.636. The number of aryl methyl sites for hydroxylation is 1. The zero-order valence-electron chi connectivity index (χ0n) is 10.9. The number of para-hydroxylation sites is 1. The summed E-state index contributed by atoms with van der Waals surface area (Å²) in [4.78, 5) is 11.1. The molecule has 1 aliphatic heterocycles. The van der Waals surface area contributed by atoms with Crippen LogP contribution in [0.5, 0.6) is 0 Å². The van der Waals surface area contributed by atoms with Crippen LogP contribution in [-0.2, 0) is 12.2 Å². The molecule has 0 N–H and O–H groups in total. The summed E-state index contributed by atoms with van der Waals surface area (Å²) in [7, 11) is 0. The lowest BCUT2D eigenvalue weighted by atomic mass is 10.2. The van der Waals surface area contributed by atoms with Gasteiger partial charge in [-0.05, 0) is 35.9 Å². The Kier molecular flexibility index (Phi) is 3.36. The van der Waals surface area contributed by atoms with Crippen LogP contribution in [0.3, 0.4) is 0 Å². The van der Waals surface area contributed by atoms with Crippen LogP contribution < -0.4 is 0 Å². The maximum Gasteiger partial charge on any atom is 0.171 e. The van der Waals surface area contributed by atoms with E-state index >= 15 is 0 Å². The van der Waals surface area contributed by atoms with E-state index in [0.717, 1.165) is 22.8 Å². The summed E-state index contributed by atoms with van der Waals surface area (Å²) in [6, 6.07) is 6.87. The van der Waals surface area contributed by atoms with Crippen LogP contribution in [0.4, 0.5) is 4.39 Å². The molecule has 2 aromatic heterocycles. The number of thioether (sulfide) groups is 1. The standard InChI is InChI=1S/C15H10ClFN2S2/c16-14-9-2-1-3-10(17)13(9)18-15(19-14)12-6-8-7-20-5-4-11(8)21-12/h1-3,6H,4-5,7H2. The minimum absolute atomic E-state index is 0.285. The third-order valence-corrected chi connectivity index (χ3v) is 6.01. The molecule has 1 aromatic carbocycles. The molecule has 0 aliphatic carbocycles. The van der Waals surface area contributed by atoms with Crippen molar-refractivity contribution >= 4 is 45.6 Å². The highest BCUT2D eigenvalue weighted by atomic mass is 35.5. The number of rotatable bonds is 1. The number of aromatic nitrogens is 2. The smallest absolute Gasteiger partial charge is 0.171 e. The molecule has 4 rings (SSSR count). The van der Waals surface area contributed by atoms with E-state index in [1.165, 1.54) is 16.5 Å². The fourth-order valence-corrected chi connectivity index (χ4v) is 4.99. The molecule has 0 saturated carbocycles. The molecule has 0 unspecified atom stereocenters. The number of thiophene rings is 1. The lowest BCUT2D eigenvalue weighted by Crippen LogP contribution is -1.96. The minimum Gasteiger partial charge on any atom is -0.224 e. The van der Waals surface area contributed by atoms with Gasteiger partial charge in [0.1, 0.15) is 16.5 Å². The summed E-state index contributed by atoms with van der Waals surface area (Å²) >= 11 is 9.82. The maximum atomic E-state index is 13.9. The van der Waals surface area contributed by atoms with E-state index in [-0.39, 0.29) is 11.3 Å². The second kappa shape index (κ2) is 5.23. The van der Waals surface area contributed by atoms with E-state index in [4.69, 9.17) is 11.6 Å². The number of fused-ring (bicyclic) bond motifs is 2. The molecular formula is C15H10ClFN2S2. The molecule has 0 radical (unpaired) electrons. The molecule has 0 atom stereocenters. The summed E-state index contributed by atoms with van der Waals surface area (Å²) in [5, 5.41) is 0.854. The van der Waals surface area contributed by atoms with Crippen molar-refractivity contribution in [3.8, 4) is 10.7 Å². The average molecular weight is 337 g/mol. The Labute approximate surface area is 134 Å². The zero-order valence-corrected chi connectivity index (χ0v) is 13.3. The first-order valence-corrected chi connectivity index (χ1v) is 8.89. The van der Waals surface area contributed by atoms with Crippen molar-refractivity contribution in [1.82, 2.24) is 9.97 Å². The van der Waals surface area contributed by atoms with Crippen LogP contribution in [0.1, 0.15) is 10.4 Å². The van der Waals surface area contributed by atoms with Crippen LogP contribution in [0.15, 0.2) is 24.3 Å². The molecule has 6 heteroatoms. The van der Waals surface area contributed by atoms with Crippen LogP contribution in [0.25, 0.3) is 21.6 Å². The van der Waals surface area contributed by atoms with Crippen molar-refractivity contribution in [3.63, 3.8) is 0 Å². The van der Waals surface area contributed by atoms with E-state index in [1.54, 1.807) is 23.5 Å². The van der Waals surface area contributed by atoms with Crippen molar-refractivity contribution in [1.29, 1.82) is 0 Å². The second-order valence-corrected chi connectivity index (χ2v) is 7.44. The van der Waals surface area contributed by atoms with Gasteiger partial charge >= 0.3 is 0 Å². The molecule has 0 spiro atoms. The molecule has 3 aromatic rings. The quantitative estimate of drug-likeness (QED) is 0.589. The first-order valence-electron chi connectivity index (χ1n) is 6.54. The Hall–Kier alpha value is -1.17. The normalized spacial score (nSPS) is 14.4. The molecule has 3 heterocycles. The Bertz CT molecular complexity index is 824. The predicted octanol–water partition coefficient (Wildman–Crippen LogP) is 4.94. The van der Waals surface area contributed by atoms with Gasteiger partial charge in [0.25, 0.3) is 0 Å². The van der Waals surface area contributed by atoms with Crippen LogP contribution >= 0.6 is 34.7 Å². The first kappa shape index (κ1) is 13.5. The van der Waals surface area contributed by atoms with Gasteiger partial charge in [0.15, 0.2) is 5.82 Å². The number of nitrogens with zero attached hydrogens (tertiary/aromatic N) is 2. The van der Waals surface area contributed by atoms with Gasteiger partial charge in [-0.3, -0.25) is 0 Å². The van der Waals surface area contributed by atoms with E-state index in [1.807, 2.05) is 11.8 Å². The highest BCUT2D eigenvalue weighted by Gasteiger charge is 2.17. The molecule has 0 saturated heterocycles. The summed E-state index contributed by atoms with van der Waals surface area (Å²) < 4.78 is 13.9. The topological polar surface area (TPSA) is 25.8 Å². The number of hydrogen-bond donors (Lipinski definition) is 0. The molecule has 0 fully saturated rings. The highest BCUT2D eigenvalue weighted by Crippen LogP contribution is 2.37. The number of halogens is 2. The van der Waals surface area contributed by atoms with Gasteiger partial charge in [0.2, 0.25) is 0 Å². The Morgan fingerprint density at radius 1 is 1.24 bits per heavy atom. The van der Waals surface area contributed by atoms with E-state index in [0.29, 0.717) is 16.4 Å². The largest absolute Gasteiger partial charge is 0.224 e. The molecular weight excluding hydrogens is 327 g/mol. The van der Waals surface area contributed by atoms with Gasteiger partial charge in [-0.15, -0.1) is 11.3 Å². The average Bonchev–Trinajstić information content (AvgIpc) is 2.92. The summed E-state index contributed by atoms with van der Waals surface area (Å²) in [5.74, 6) is 2.33. The van der Waals surface area contributed by atoms with Gasteiger partial charge in [0, 0.05) is 16.0 Å². The molecule has 21 heavy (non-hydrogen) atoms. The van der Waals surface area contributed by atoms with Crippen molar-refractivity contribution in [2.75, 3.05) is 5.75 Å². The molecule has 0 bridgehead atoms. The second-order valence-electron chi connectivity index (χ2n) is 4.84. The zero-order chi connectivity index (χ0) is 14.4. The summed E-state index contributed by atoms with van der Waals surface area (Å²) in [6.07, 6.45) is 1.08. The van der Waals surface area contributed by atoms with Crippen LogP contribution in [0.2, 0.25) is 5.15 Å². The lowest BCUT2D eigenvalue weighted by Gasteiger charge is -2.08. The molecule has 2 nitrogen and oxygen atoms in total. The third kappa shape index (κ3) is 2.33. The number of hydrogen-bond acceptors (Lipinski definition) is 4. The van der Waals surface area contributed by atoms with Gasteiger partial charge in [-0.1, -0.05) is 17.7 Å². The van der Waals surface area contributed by atoms with Crippen molar-refractivity contribution in [2.45, 2.75) is 12.2 Å². The fraction of sp³-hybridized carbons (Fsp3) is 0.200. The van der Waals surface area contributed by atoms with E-state index in [9.17, 15) is 4.39 Å². The van der Waals surface area contributed by atoms with Gasteiger partial charge in [0.05, 0.1) is 4.88 Å². The van der Waals surface area contributed by atoms with Crippen LogP contribution in [0, 0.1) is 5.82 Å². The summed E-state index contributed by atoms with van der Waals surface area (Å²) in [5.41, 5.74) is 1.63. The minimum atomic E-state index is -0.366. The summed E-state index contributed by atoms with van der Waals surface area (Å²) in [6.45, 7) is 0. The highest BCUT2D eigenvalue weighted by molar-refractivity contribution is 7.98. The van der Waals surface area contributed by atoms with E-state index in [2.05, 4.69) is 16.0 Å². The Morgan fingerprint density at radius 3 is 3.00 bits per heavy atom. The van der Waals surface area contributed by atoms with E-state index < -0.39 is 0 Å². The van der Waals surface area contributed by atoms with Gasteiger partial charge < -0.3 is 0 Å². The van der Waals surface area contributed by atoms with Gasteiger partial charge in [-0.25, -0.2) is 14.4 Å². The Morgan fingerprint density at radius 2 is 2.14 bits per heavy atom. The predicted molar refractivity (Wildman–Crippen MR) is 87.7 cm³/mol. The van der Waals surface area contributed by atoms with Crippen molar-refractivity contribution in [3.05, 3.63) is 45.7 Å².